The number of unbranched alkanes of at least 4 members (excludes halogenated alkanes) is 3. The first-order valence-electron chi connectivity index (χ1n) is 5.84. The molecule has 0 spiro atoms. The second-order valence-corrected chi connectivity index (χ2v) is 3.77. The highest BCUT2D eigenvalue weighted by atomic mass is 16.1. The molecule has 0 saturated heterocycles. The molecule has 15 heavy (non-hydrogen) atoms. The van der Waals surface area contributed by atoms with Crippen molar-refractivity contribution in [2.45, 2.75) is 52.5 Å². The Kier molecular flexibility index (Phi) is 5.08. The predicted octanol–water partition coefficient (Wildman–Crippen LogP) is 3.06. The van der Waals surface area contributed by atoms with E-state index < -0.39 is 0 Å². The molecular formula is C12H20N2O. The van der Waals surface area contributed by atoms with Gasteiger partial charge in [0.15, 0.2) is 11.6 Å². The summed E-state index contributed by atoms with van der Waals surface area (Å²) in [4.78, 5) is 15.9. The van der Waals surface area contributed by atoms with Gasteiger partial charge in [0, 0.05) is 25.4 Å². The van der Waals surface area contributed by atoms with Crippen molar-refractivity contribution in [3.05, 3.63) is 18.2 Å². The summed E-state index contributed by atoms with van der Waals surface area (Å²) in [6.07, 6.45) is 8.75. The Labute approximate surface area is 91.5 Å². The van der Waals surface area contributed by atoms with Crippen molar-refractivity contribution >= 4 is 5.78 Å². The van der Waals surface area contributed by atoms with Crippen LogP contribution in [0.1, 0.15) is 56.6 Å². The lowest BCUT2D eigenvalue weighted by Crippen LogP contribution is -2.09. The minimum Gasteiger partial charge on any atom is -0.329 e. The highest BCUT2D eigenvalue weighted by molar-refractivity contribution is 5.92. The molecule has 0 bridgehead atoms. The van der Waals surface area contributed by atoms with E-state index in [-0.39, 0.29) is 5.78 Å². The van der Waals surface area contributed by atoms with Crippen molar-refractivity contribution in [1.29, 1.82) is 0 Å². The lowest BCUT2D eigenvalue weighted by molar-refractivity contribution is 0.0965. The first-order valence-corrected chi connectivity index (χ1v) is 5.84. The first kappa shape index (κ1) is 12.0. The zero-order valence-electron chi connectivity index (χ0n) is 9.70. The van der Waals surface area contributed by atoms with Crippen LogP contribution in [0.3, 0.4) is 0 Å². The number of hydrogen-bond donors (Lipinski definition) is 0. The Morgan fingerprint density at radius 3 is 2.80 bits per heavy atom. The highest BCUT2D eigenvalue weighted by Crippen LogP contribution is 2.08. The van der Waals surface area contributed by atoms with Crippen molar-refractivity contribution in [3.63, 3.8) is 0 Å². The van der Waals surface area contributed by atoms with Gasteiger partial charge in [0.2, 0.25) is 0 Å². The zero-order valence-corrected chi connectivity index (χ0v) is 9.70. The molecule has 0 radical (unpaired) electrons. The standard InChI is InChI=1S/C12H20N2O/c1-3-5-6-7-8-11(15)12-13-9-10-14(12)4-2/h9-10H,3-8H2,1-2H3. The summed E-state index contributed by atoms with van der Waals surface area (Å²) < 4.78 is 1.90. The molecule has 1 heterocycles. The Morgan fingerprint density at radius 2 is 2.13 bits per heavy atom. The van der Waals surface area contributed by atoms with E-state index in [1.807, 2.05) is 17.7 Å². The molecule has 0 atom stereocenters. The normalized spacial score (nSPS) is 10.5. The van der Waals surface area contributed by atoms with Crippen LogP contribution in [0.15, 0.2) is 12.4 Å². The second kappa shape index (κ2) is 6.38. The van der Waals surface area contributed by atoms with Gasteiger partial charge in [-0.3, -0.25) is 4.79 Å². The first-order chi connectivity index (χ1) is 7.29. The van der Waals surface area contributed by atoms with Gasteiger partial charge < -0.3 is 4.57 Å². The average Bonchev–Trinajstić information content (AvgIpc) is 2.72. The lowest BCUT2D eigenvalue weighted by Gasteiger charge is -2.03. The molecule has 3 nitrogen and oxygen atoms in total. The van der Waals surface area contributed by atoms with Gasteiger partial charge in [0.25, 0.3) is 0 Å². The molecule has 0 aliphatic heterocycles. The van der Waals surface area contributed by atoms with Gasteiger partial charge in [-0.1, -0.05) is 26.2 Å². The second-order valence-electron chi connectivity index (χ2n) is 3.77. The molecule has 0 aliphatic carbocycles. The smallest absolute Gasteiger partial charge is 0.198 e. The van der Waals surface area contributed by atoms with Crippen LogP contribution < -0.4 is 0 Å². The predicted molar refractivity (Wildman–Crippen MR) is 61.0 cm³/mol. The summed E-state index contributed by atoms with van der Waals surface area (Å²) in [5.41, 5.74) is 0. The van der Waals surface area contributed by atoms with Gasteiger partial charge in [-0.25, -0.2) is 4.98 Å². The van der Waals surface area contributed by atoms with E-state index in [9.17, 15) is 4.79 Å². The molecule has 0 fully saturated rings. The summed E-state index contributed by atoms with van der Waals surface area (Å²) in [6.45, 7) is 5.01. The molecule has 0 aromatic carbocycles. The molecule has 0 N–H and O–H groups in total. The third-order valence-electron chi connectivity index (χ3n) is 2.56. The van der Waals surface area contributed by atoms with Crippen LogP contribution in [-0.2, 0) is 6.54 Å². The third-order valence-corrected chi connectivity index (χ3v) is 2.56. The number of ketones is 1. The molecule has 3 heteroatoms. The number of aryl methyl sites for hydroxylation is 1. The number of Topliss-reactive ketones (excluding diaryl/α,β-unsaturated/α-hetero) is 1. The Balaban J connectivity index is 2.40. The summed E-state index contributed by atoms with van der Waals surface area (Å²) in [7, 11) is 0. The van der Waals surface area contributed by atoms with Crippen molar-refractivity contribution in [3.8, 4) is 0 Å². The van der Waals surface area contributed by atoms with E-state index in [4.69, 9.17) is 0 Å². The molecule has 1 aromatic rings. The van der Waals surface area contributed by atoms with Gasteiger partial charge in [-0.2, -0.15) is 0 Å². The fourth-order valence-corrected chi connectivity index (χ4v) is 1.64. The summed E-state index contributed by atoms with van der Waals surface area (Å²) >= 11 is 0. The van der Waals surface area contributed by atoms with Crippen molar-refractivity contribution in [2.24, 2.45) is 0 Å². The number of carbonyl (C=O) groups excluding carboxylic acids is 1. The molecule has 0 amide bonds. The SMILES string of the molecule is CCCCCCC(=O)c1nccn1CC. The van der Waals surface area contributed by atoms with Crippen molar-refractivity contribution in [2.75, 3.05) is 0 Å². The van der Waals surface area contributed by atoms with Crippen LogP contribution in [0.4, 0.5) is 0 Å². The number of imidazole rings is 1. The zero-order chi connectivity index (χ0) is 11.1. The average molecular weight is 208 g/mol. The third kappa shape index (κ3) is 3.50. The molecule has 1 aromatic heterocycles. The maximum absolute atomic E-state index is 11.8. The number of carbonyl (C=O) groups is 1. The highest BCUT2D eigenvalue weighted by Gasteiger charge is 2.10. The molecule has 84 valence electrons. The fraction of sp³-hybridized carbons (Fsp3) is 0.667. The van der Waals surface area contributed by atoms with E-state index in [0.29, 0.717) is 12.2 Å². The number of nitrogens with zero attached hydrogens (tertiary/aromatic N) is 2. The number of hydrogen-bond acceptors (Lipinski definition) is 2. The van der Waals surface area contributed by atoms with E-state index in [1.54, 1.807) is 6.20 Å². The molecule has 0 saturated carbocycles. The van der Waals surface area contributed by atoms with Gasteiger partial charge in [-0.15, -0.1) is 0 Å². The minimum absolute atomic E-state index is 0.179. The number of rotatable bonds is 7. The largest absolute Gasteiger partial charge is 0.329 e. The van der Waals surface area contributed by atoms with Crippen LogP contribution in [0.2, 0.25) is 0 Å². The van der Waals surface area contributed by atoms with E-state index in [0.717, 1.165) is 19.4 Å². The summed E-state index contributed by atoms with van der Waals surface area (Å²) in [6, 6.07) is 0. The van der Waals surface area contributed by atoms with Crippen molar-refractivity contribution < 1.29 is 4.79 Å². The molecule has 1 rings (SSSR count). The summed E-state index contributed by atoms with van der Waals surface area (Å²) in [5.74, 6) is 0.798. The lowest BCUT2D eigenvalue weighted by atomic mass is 10.1. The van der Waals surface area contributed by atoms with E-state index >= 15 is 0 Å². The number of aromatic nitrogens is 2. The van der Waals surface area contributed by atoms with Crippen molar-refractivity contribution in [1.82, 2.24) is 9.55 Å². The maximum Gasteiger partial charge on any atom is 0.198 e. The van der Waals surface area contributed by atoms with Gasteiger partial charge in [-0.05, 0) is 13.3 Å². The van der Waals surface area contributed by atoms with Crippen LogP contribution in [0, 0.1) is 0 Å². The molecule has 0 aliphatic rings. The Hall–Kier alpha value is -1.12. The van der Waals surface area contributed by atoms with E-state index in [1.165, 1.54) is 12.8 Å². The van der Waals surface area contributed by atoms with Crippen LogP contribution in [-0.4, -0.2) is 15.3 Å². The maximum atomic E-state index is 11.8. The Morgan fingerprint density at radius 1 is 1.33 bits per heavy atom. The topological polar surface area (TPSA) is 34.9 Å². The van der Waals surface area contributed by atoms with Crippen LogP contribution in [0.25, 0.3) is 0 Å². The molecular weight excluding hydrogens is 188 g/mol. The van der Waals surface area contributed by atoms with Gasteiger partial charge in [0.1, 0.15) is 0 Å². The molecule has 0 unspecified atom stereocenters. The van der Waals surface area contributed by atoms with E-state index in [2.05, 4.69) is 11.9 Å². The Bertz CT molecular complexity index is 304. The van der Waals surface area contributed by atoms with Gasteiger partial charge >= 0.3 is 0 Å². The van der Waals surface area contributed by atoms with Gasteiger partial charge in [0.05, 0.1) is 0 Å². The minimum atomic E-state index is 0.179. The van der Waals surface area contributed by atoms with Crippen LogP contribution in [0.5, 0.6) is 0 Å². The van der Waals surface area contributed by atoms with Crippen LogP contribution >= 0.6 is 0 Å². The fourth-order valence-electron chi connectivity index (χ4n) is 1.64. The summed E-state index contributed by atoms with van der Waals surface area (Å²) in [5, 5.41) is 0. The monoisotopic (exact) mass is 208 g/mol. The quantitative estimate of drug-likeness (QED) is 0.510.